The van der Waals surface area contributed by atoms with Crippen LogP contribution in [-0.4, -0.2) is 0 Å². The molecule has 0 amide bonds. The van der Waals surface area contributed by atoms with Crippen molar-refractivity contribution in [2.75, 3.05) is 4.90 Å². The Hall–Kier alpha value is -5.66. The molecule has 0 fully saturated rings. The third-order valence-corrected chi connectivity index (χ3v) is 11.0. The largest absolute Gasteiger partial charge is 0.310 e. The van der Waals surface area contributed by atoms with Crippen LogP contribution in [0.15, 0.2) is 158 Å². The first-order chi connectivity index (χ1) is 24.2. The van der Waals surface area contributed by atoms with Gasteiger partial charge in [-0.3, -0.25) is 0 Å². The predicted molar refractivity (Wildman–Crippen MR) is 215 cm³/mol. The van der Waals surface area contributed by atoms with E-state index in [4.69, 9.17) is 0 Å². The van der Waals surface area contributed by atoms with Crippen LogP contribution in [0.25, 0.3) is 54.6 Å². The van der Waals surface area contributed by atoms with Gasteiger partial charge in [-0.05, 0) is 101 Å². The Labute approximate surface area is 295 Å². The molecule has 0 saturated carbocycles. The topological polar surface area (TPSA) is 3.24 Å². The fourth-order valence-corrected chi connectivity index (χ4v) is 8.36. The molecule has 1 aliphatic rings. The van der Waals surface area contributed by atoms with Gasteiger partial charge in [0.2, 0.25) is 0 Å². The molecule has 8 aromatic rings. The van der Waals surface area contributed by atoms with Crippen molar-refractivity contribution in [3.05, 3.63) is 174 Å². The Morgan fingerprint density at radius 1 is 0.440 bits per heavy atom. The first kappa shape index (κ1) is 30.4. The van der Waals surface area contributed by atoms with Crippen LogP contribution in [0, 0.1) is 0 Å². The monoisotopic (exact) mass is 643 g/mol. The summed E-state index contributed by atoms with van der Waals surface area (Å²) < 4.78 is 0. The summed E-state index contributed by atoms with van der Waals surface area (Å²) in [6.07, 6.45) is 0. The number of fused-ring (bicyclic) bond motifs is 7. The number of benzene rings is 8. The molecule has 1 nitrogen and oxygen atoms in total. The molecule has 8 aromatic carbocycles. The Kier molecular flexibility index (Phi) is 6.80. The normalized spacial score (nSPS) is 13.5. The van der Waals surface area contributed by atoms with E-state index in [1.54, 1.807) is 0 Å². The molecule has 0 radical (unpaired) electrons. The maximum absolute atomic E-state index is 2.49. The average Bonchev–Trinajstić information content (AvgIpc) is 3.37. The Morgan fingerprint density at radius 3 is 1.66 bits per heavy atom. The summed E-state index contributed by atoms with van der Waals surface area (Å²) in [6.45, 7) is 11.6. The molecule has 0 aromatic heterocycles. The molecular weight excluding hydrogens is 603 g/mol. The lowest BCUT2D eigenvalue weighted by Gasteiger charge is -2.30. The van der Waals surface area contributed by atoms with Crippen LogP contribution in [0.1, 0.15) is 51.3 Å². The minimum Gasteiger partial charge on any atom is -0.310 e. The van der Waals surface area contributed by atoms with Crippen LogP contribution in [0.5, 0.6) is 0 Å². The first-order valence-electron chi connectivity index (χ1n) is 17.8. The number of hydrogen-bond donors (Lipinski definition) is 0. The molecule has 1 aliphatic carbocycles. The molecule has 0 spiro atoms. The fourth-order valence-electron chi connectivity index (χ4n) is 8.36. The summed E-state index contributed by atoms with van der Waals surface area (Å²) >= 11 is 0. The highest BCUT2D eigenvalue weighted by atomic mass is 15.1. The van der Waals surface area contributed by atoms with Gasteiger partial charge in [0.1, 0.15) is 0 Å². The van der Waals surface area contributed by atoms with Crippen molar-refractivity contribution in [2.24, 2.45) is 0 Å². The predicted octanol–water partition coefficient (Wildman–Crippen LogP) is 13.9. The second kappa shape index (κ2) is 11.2. The van der Waals surface area contributed by atoms with Crippen LogP contribution >= 0.6 is 0 Å². The van der Waals surface area contributed by atoms with E-state index >= 15 is 0 Å². The van der Waals surface area contributed by atoms with Crippen LogP contribution in [0.2, 0.25) is 0 Å². The lowest BCUT2D eigenvalue weighted by atomic mass is 9.82. The quantitative estimate of drug-likeness (QED) is 0.184. The van der Waals surface area contributed by atoms with Crippen LogP contribution in [-0.2, 0) is 10.8 Å². The van der Waals surface area contributed by atoms with Gasteiger partial charge in [-0.15, -0.1) is 0 Å². The van der Waals surface area contributed by atoms with Crippen LogP contribution in [0.4, 0.5) is 17.1 Å². The summed E-state index contributed by atoms with van der Waals surface area (Å²) in [5.74, 6) is 0. The van der Waals surface area contributed by atoms with E-state index in [0.717, 1.165) is 11.4 Å². The molecule has 0 bridgehead atoms. The lowest BCUT2D eigenvalue weighted by molar-refractivity contribution is 0.590. The summed E-state index contributed by atoms with van der Waals surface area (Å²) in [7, 11) is 0. The van der Waals surface area contributed by atoms with E-state index in [-0.39, 0.29) is 10.8 Å². The van der Waals surface area contributed by atoms with Gasteiger partial charge in [0.05, 0.1) is 5.69 Å². The van der Waals surface area contributed by atoms with E-state index < -0.39 is 0 Å². The molecule has 0 atom stereocenters. The Bertz CT molecular complexity index is 2590. The highest BCUT2D eigenvalue weighted by Crippen LogP contribution is 2.54. The van der Waals surface area contributed by atoms with Gasteiger partial charge in [-0.1, -0.05) is 162 Å². The SMILES string of the molecule is CC(C)(C)c1ccc(N(c2ccc3c(c2)-c2c(ccc4ccccc24)C3(C)C)c2ccc3ccccc3c2-c2cccc3ccccc23)cc1. The van der Waals surface area contributed by atoms with Crippen molar-refractivity contribution < 1.29 is 0 Å². The average molecular weight is 644 g/mol. The zero-order valence-electron chi connectivity index (χ0n) is 29.5. The molecule has 50 heavy (non-hydrogen) atoms. The molecule has 0 N–H and O–H groups in total. The van der Waals surface area contributed by atoms with E-state index in [1.807, 2.05) is 0 Å². The highest BCUT2D eigenvalue weighted by molar-refractivity contribution is 6.12. The van der Waals surface area contributed by atoms with Gasteiger partial charge >= 0.3 is 0 Å². The third kappa shape index (κ3) is 4.68. The molecule has 0 heterocycles. The van der Waals surface area contributed by atoms with Crippen LogP contribution in [0.3, 0.4) is 0 Å². The second-order valence-corrected chi connectivity index (χ2v) is 15.4. The van der Waals surface area contributed by atoms with Crippen molar-refractivity contribution in [3.63, 3.8) is 0 Å². The van der Waals surface area contributed by atoms with Gasteiger partial charge in [-0.2, -0.15) is 0 Å². The standard InChI is InChI=1S/C49H41N/c1-48(2,3)35-23-25-36(26-24-35)50(37-27-29-43-42(31-37)46-39-18-10-7-14-33(39)21-28-44(46)49(43,4)5)45-30-22-34-15-8-11-19-40(34)47(45)41-20-12-16-32-13-6-9-17-38(32)41/h6-31H,1-5H3. The molecular formula is C49H41N. The zero-order valence-corrected chi connectivity index (χ0v) is 29.5. The molecule has 0 aliphatic heterocycles. The van der Waals surface area contributed by atoms with E-state index in [1.165, 1.54) is 76.9 Å². The van der Waals surface area contributed by atoms with E-state index in [2.05, 4.69) is 197 Å². The summed E-state index contributed by atoms with van der Waals surface area (Å²) in [5, 5.41) is 7.58. The number of nitrogens with zero attached hydrogens (tertiary/aromatic N) is 1. The van der Waals surface area contributed by atoms with Gasteiger partial charge in [-0.25, -0.2) is 0 Å². The first-order valence-corrected chi connectivity index (χ1v) is 17.8. The third-order valence-electron chi connectivity index (χ3n) is 11.0. The zero-order chi connectivity index (χ0) is 34.2. The number of anilines is 3. The smallest absolute Gasteiger partial charge is 0.0546 e. The highest BCUT2D eigenvalue weighted by Gasteiger charge is 2.37. The van der Waals surface area contributed by atoms with E-state index in [0.29, 0.717) is 0 Å². The maximum atomic E-state index is 2.49. The van der Waals surface area contributed by atoms with Crippen molar-refractivity contribution in [2.45, 2.75) is 45.4 Å². The van der Waals surface area contributed by atoms with Gasteiger partial charge in [0.15, 0.2) is 0 Å². The van der Waals surface area contributed by atoms with Crippen molar-refractivity contribution in [3.8, 4) is 22.3 Å². The molecule has 0 unspecified atom stereocenters. The van der Waals surface area contributed by atoms with Crippen molar-refractivity contribution >= 4 is 49.4 Å². The number of rotatable bonds is 4. The summed E-state index contributed by atoms with van der Waals surface area (Å²) in [5.41, 5.74) is 12.7. The fraction of sp³-hybridized carbons (Fsp3) is 0.143. The molecule has 242 valence electrons. The minimum absolute atomic E-state index is 0.0599. The Balaban J connectivity index is 1.36. The summed E-state index contributed by atoms with van der Waals surface area (Å²) in [4.78, 5) is 2.49. The summed E-state index contributed by atoms with van der Waals surface area (Å²) in [6, 6.07) is 58.8. The maximum Gasteiger partial charge on any atom is 0.0546 e. The van der Waals surface area contributed by atoms with Gasteiger partial charge in [0.25, 0.3) is 0 Å². The molecule has 0 saturated heterocycles. The van der Waals surface area contributed by atoms with E-state index in [9.17, 15) is 0 Å². The molecule has 9 rings (SSSR count). The molecule has 1 heteroatoms. The van der Waals surface area contributed by atoms with Gasteiger partial charge in [0, 0.05) is 22.4 Å². The van der Waals surface area contributed by atoms with Crippen molar-refractivity contribution in [1.82, 2.24) is 0 Å². The second-order valence-electron chi connectivity index (χ2n) is 15.4. The minimum atomic E-state index is -0.0938. The van der Waals surface area contributed by atoms with Crippen LogP contribution < -0.4 is 4.90 Å². The number of hydrogen-bond acceptors (Lipinski definition) is 1. The van der Waals surface area contributed by atoms with Crippen molar-refractivity contribution in [1.29, 1.82) is 0 Å². The lowest BCUT2D eigenvalue weighted by Crippen LogP contribution is -2.16. The Morgan fingerprint density at radius 2 is 0.980 bits per heavy atom. The van der Waals surface area contributed by atoms with Gasteiger partial charge < -0.3 is 4.90 Å².